The van der Waals surface area contributed by atoms with Crippen LogP contribution < -0.4 is 4.74 Å². The van der Waals surface area contributed by atoms with E-state index in [-0.39, 0.29) is 35.7 Å². The first-order valence-electron chi connectivity index (χ1n) is 14.3. The Morgan fingerprint density at radius 2 is 1.63 bits per heavy atom. The van der Waals surface area contributed by atoms with Gasteiger partial charge in [0.25, 0.3) is 0 Å². The molecule has 1 saturated heterocycles. The van der Waals surface area contributed by atoms with Gasteiger partial charge in [-0.05, 0) is 54.2 Å². The molecule has 41 heavy (non-hydrogen) atoms. The Balaban J connectivity index is 1.45. The van der Waals surface area contributed by atoms with Crippen LogP contribution >= 0.6 is 11.3 Å². The second kappa shape index (κ2) is 12.0. The molecule has 1 fully saturated rings. The quantitative estimate of drug-likeness (QED) is 0.317. The zero-order valence-electron chi connectivity index (χ0n) is 26.0. The lowest BCUT2D eigenvalue weighted by molar-refractivity contribution is -0.139. The summed E-state index contributed by atoms with van der Waals surface area (Å²) in [5.74, 6) is 1.05. The van der Waals surface area contributed by atoms with Gasteiger partial charge >= 0.3 is 5.97 Å². The summed E-state index contributed by atoms with van der Waals surface area (Å²) < 4.78 is 12.3. The average Bonchev–Trinajstić information content (AvgIpc) is 3.53. The second-order valence-corrected chi connectivity index (χ2v) is 14.1. The highest BCUT2D eigenvalue weighted by molar-refractivity contribution is 7.15. The molecule has 1 aliphatic heterocycles. The second-order valence-electron chi connectivity index (χ2n) is 13.0. The Hall–Kier alpha value is -3.20. The van der Waals surface area contributed by atoms with E-state index in [9.17, 15) is 9.59 Å². The van der Waals surface area contributed by atoms with Gasteiger partial charge in [0.2, 0.25) is 5.91 Å². The van der Waals surface area contributed by atoms with Crippen molar-refractivity contribution in [2.24, 2.45) is 0 Å². The topological polar surface area (TPSA) is 86.5 Å². The molecule has 0 saturated carbocycles. The Morgan fingerprint density at radius 1 is 1.02 bits per heavy atom. The molecule has 0 atom stereocenters. The zero-order chi connectivity index (χ0) is 30.1. The number of methoxy groups -OCH3 is 2. The van der Waals surface area contributed by atoms with Crippen LogP contribution in [0.3, 0.4) is 0 Å². The number of carbonyl (C=O) groups excluding carboxylic acids is 2. The molecular formula is C32H44N4O4S. The number of benzene rings is 1. The number of aryl methyl sites for hydroxylation is 1. The molecule has 4 rings (SSSR count). The maximum atomic E-state index is 13.0. The summed E-state index contributed by atoms with van der Waals surface area (Å²) in [5.41, 5.74) is 4.89. The highest BCUT2D eigenvalue weighted by atomic mass is 32.1. The van der Waals surface area contributed by atoms with E-state index in [0.29, 0.717) is 24.7 Å². The van der Waals surface area contributed by atoms with E-state index >= 15 is 0 Å². The van der Waals surface area contributed by atoms with Crippen molar-refractivity contribution in [2.45, 2.75) is 91.0 Å². The molecule has 0 radical (unpaired) electrons. The molecule has 0 N–H and O–H groups in total. The van der Waals surface area contributed by atoms with E-state index in [1.54, 1.807) is 23.1 Å². The molecule has 1 amide bonds. The third-order valence-corrected chi connectivity index (χ3v) is 9.02. The summed E-state index contributed by atoms with van der Waals surface area (Å²) >= 11 is 1.76. The number of ether oxygens (including phenoxy) is 2. The lowest BCUT2D eigenvalue weighted by Crippen LogP contribution is -2.39. The maximum absolute atomic E-state index is 13.0. The van der Waals surface area contributed by atoms with Gasteiger partial charge in [-0.2, -0.15) is 5.10 Å². The molecule has 222 valence electrons. The predicted octanol–water partition coefficient (Wildman–Crippen LogP) is 6.04. The van der Waals surface area contributed by atoms with Crippen molar-refractivity contribution < 1.29 is 19.1 Å². The van der Waals surface area contributed by atoms with Crippen molar-refractivity contribution in [2.75, 3.05) is 27.3 Å². The normalized spacial score (nSPS) is 14.8. The highest BCUT2D eigenvalue weighted by Crippen LogP contribution is 2.44. The molecule has 8 nitrogen and oxygen atoms in total. The van der Waals surface area contributed by atoms with Crippen molar-refractivity contribution in [1.82, 2.24) is 19.7 Å². The van der Waals surface area contributed by atoms with Crippen molar-refractivity contribution in [1.29, 1.82) is 0 Å². The Kier molecular flexibility index (Phi) is 8.97. The number of aromatic nitrogens is 3. The molecule has 2 aromatic heterocycles. The van der Waals surface area contributed by atoms with Crippen LogP contribution in [0.2, 0.25) is 0 Å². The van der Waals surface area contributed by atoms with E-state index < -0.39 is 0 Å². The molecule has 1 aliphatic rings. The number of hydrogen-bond donors (Lipinski definition) is 0. The fourth-order valence-corrected chi connectivity index (χ4v) is 6.44. The Labute approximate surface area is 248 Å². The van der Waals surface area contributed by atoms with Crippen molar-refractivity contribution in [3.05, 3.63) is 51.8 Å². The number of carbonyl (C=O) groups is 2. The summed E-state index contributed by atoms with van der Waals surface area (Å²) in [4.78, 5) is 32.7. The van der Waals surface area contributed by atoms with Crippen LogP contribution in [0.4, 0.5) is 0 Å². The van der Waals surface area contributed by atoms with Gasteiger partial charge in [-0.3, -0.25) is 14.3 Å². The first kappa shape index (κ1) is 30.8. The smallest absolute Gasteiger partial charge is 0.311 e. The van der Waals surface area contributed by atoms with E-state index in [1.165, 1.54) is 23.1 Å². The zero-order valence-corrected chi connectivity index (χ0v) is 26.8. The summed E-state index contributed by atoms with van der Waals surface area (Å²) in [5, 5.41) is 5.46. The van der Waals surface area contributed by atoms with Crippen LogP contribution in [-0.4, -0.2) is 58.8 Å². The van der Waals surface area contributed by atoms with E-state index in [0.717, 1.165) is 34.7 Å². The van der Waals surface area contributed by atoms with E-state index in [4.69, 9.17) is 14.5 Å². The van der Waals surface area contributed by atoms with Gasteiger partial charge in [0.05, 0.1) is 26.3 Å². The third kappa shape index (κ3) is 7.00. The lowest BCUT2D eigenvalue weighted by Gasteiger charge is -2.31. The van der Waals surface area contributed by atoms with Gasteiger partial charge in [0.1, 0.15) is 17.3 Å². The minimum Gasteiger partial charge on any atom is -0.496 e. The average molecular weight is 581 g/mol. The van der Waals surface area contributed by atoms with Crippen LogP contribution in [0.1, 0.15) is 87.6 Å². The molecule has 0 aliphatic carbocycles. The van der Waals surface area contributed by atoms with Crippen LogP contribution in [0.5, 0.6) is 5.75 Å². The molecule has 0 unspecified atom stereocenters. The first-order chi connectivity index (χ1) is 19.2. The number of esters is 1. The standard InChI is InChI=1S/C32H44N4O4S/c1-20-18-36(34-25(20)16-28(38)39-8)19-27(37)35-12-10-21(11-13-35)26-17-33-30(41-26)22-14-23(31(2,3)4)29(40-9)24(15-22)32(5,6)7/h14-15,17-18,21H,10-13,16,19H2,1-9H3. The number of piperidine rings is 1. The molecule has 3 aromatic rings. The minimum atomic E-state index is -0.339. The Bertz CT molecular complexity index is 1370. The molecule has 9 heteroatoms. The van der Waals surface area contributed by atoms with Gasteiger partial charge in [0, 0.05) is 47.1 Å². The third-order valence-electron chi connectivity index (χ3n) is 7.81. The maximum Gasteiger partial charge on any atom is 0.311 e. The number of rotatable bonds is 7. The number of amides is 1. The molecule has 0 spiro atoms. The van der Waals surface area contributed by atoms with E-state index in [2.05, 4.69) is 58.8 Å². The fourth-order valence-electron chi connectivity index (χ4n) is 5.37. The van der Waals surface area contributed by atoms with Gasteiger partial charge in [-0.15, -0.1) is 11.3 Å². The highest BCUT2D eigenvalue weighted by Gasteiger charge is 2.29. The van der Waals surface area contributed by atoms with Gasteiger partial charge in [-0.25, -0.2) is 4.98 Å². The summed E-state index contributed by atoms with van der Waals surface area (Å²) in [6.07, 6.45) is 5.76. The predicted molar refractivity (Wildman–Crippen MR) is 163 cm³/mol. The number of hydrogen-bond acceptors (Lipinski definition) is 7. The van der Waals surface area contributed by atoms with Crippen molar-refractivity contribution >= 4 is 23.2 Å². The van der Waals surface area contributed by atoms with Crippen LogP contribution in [0.25, 0.3) is 10.6 Å². The lowest BCUT2D eigenvalue weighted by atomic mass is 9.78. The van der Waals surface area contributed by atoms with E-state index in [1.807, 2.05) is 24.2 Å². The fraction of sp³-hybridized carbons (Fsp3) is 0.562. The molecule has 1 aromatic carbocycles. The molecule has 0 bridgehead atoms. The summed E-state index contributed by atoms with van der Waals surface area (Å²) in [6, 6.07) is 4.48. The molecule has 3 heterocycles. The molecular weight excluding hydrogens is 536 g/mol. The van der Waals surface area contributed by atoms with Crippen LogP contribution in [0, 0.1) is 6.92 Å². The number of likely N-dealkylation sites (tertiary alicyclic amines) is 1. The van der Waals surface area contributed by atoms with Gasteiger partial charge in [0.15, 0.2) is 0 Å². The van der Waals surface area contributed by atoms with Crippen LogP contribution in [0.15, 0.2) is 24.5 Å². The van der Waals surface area contributed by atoms with Crippen molar-refractivity contribution in [3.8, 4) is 16.3 Å². The number of thiazole rings is 1. The van der Waals surface area contributed by atoms with Crippen LogP contribution in [-0.2, 0) is 38.1 Å². The van der Waals surface area contributed by atoms with Gasteiger partial charge in [-0.1, -0.05) is 41.5 Å². The largest absolute Gasteiger partial charge is 0.496 e. The SMILES string of the molecule is COC(=O)Cc1nn(CC(=O)N2CCC(c3cnc(-c4cc(C(C)(C)C)c(OC)c(C(C)(C)C)c4)s3)CC2)cc1C. The summed E-state index contributed by atoms with van der Waals surface area (Å²) in [7, 11) is 3.12. The van der Waals surface area contributed by atoms with Crippen molar-refractivity contribution in [3.63, 3.8) is 0 Å². The number of nitrogens with zero attached hydrogens (tertiary/aromatic N) is 4. The Morgan fingerprint density at radius 3 is 2.17 bits per heavy atom. The minimum absolute atomic E-state index is 0.0446. The van der Waals surface area contributed by atoms with Gasteiger partial charge < -0.3 is 14.4 Å². The summed E-state index contributed by atoms with van der Waals surface area (Å²) in [6.45, 7) is 16.8. The monoisotopic (exact) mass is 580 g/mol. The first-order valence-corrected chi connectivity index (χ1v) is 15.1.